The summed E-state index contributed by atoms with van der Waals surface area (Å²) in [7, 11) is 0. The van der Waals surface area contributed by atoms with E-state index in [0.717, 1.165) is 5.52 Å². The number of anilines is 1. The molecular formula is C18H15FN4O2. The Morgan fingerprint density at radius 1 is 1.24 bits per heavy atom. The van der Waals surface area contributed by atoms with Gasteiger partial charge in [-0.25, -0.2) is 4.39 Å². The minimum Gasteiger partial charge on any atom is -0.343 e. The van der Waals surface area contributed by atoms with Crippen molar-refractivity contribution in [2.75, 3.05) is 5.32 Å². The normalized spacial score (nSPS) is 11.6. The summed E-state index contributed by atoms with van der Waals surface area (Å²) in [4.78, 5) is 24.7. The average molecular weight is 338 g/mol. The molecule has 1 aromatic carbocycles. The predicted octanol–water partition coefficient (Wildman–Crippen LogP) is 3.23. The third kappa shape index (κ3) is 3.55. The second kappa shape index (κ2) is 7.39. The molecule has 0 spiro atoms. The highest BCUT2D eigenvalue weighted by atomic mass is 19.1. The molecule has 6 nitrogen and oxygen atoms in total. The largest absolute Gasteiger partial charge is 0.343 e. The minimum atomic E-state index is -0.747. The van der Waals surface area contributed by atoms with Crippen LogP contribution in [0.4, 0.5) is 10.2 Å². The highest BCUT2D eigenvalue weighted by Gasteiger charge is 2.21. The molecule has 2 aromatic heterocycles. The Kier molecular flexibility index (Phi) is 4.84. The molecule has 0 bridgehead atoms. The summed E-state index contributed by atoms with van der Waals surface area (Å²) in [6.45, 7) is 0.445. The van der Waals surface area contributed by atoms with Crippen molar-refractivity contribution < 1.29 is 14.0 Å². The van der Waals surface area contributed by atoms with Gasteiger partial charge in [0.15, 0.2) is 0 Å². The number of aromatic amines is 1. The van der Waals surface area contributed by atoms with E-state index in [1.165, 1.54) is 12.3 Å². The van der Waals surface area contributed by atoms with E-state index in [0.29, 0.717) is 29.6 Å². The van der Waals surface area contributed by atoms with Crippen molar-refractivity contribution in [3.63, 3.8) is 0 Å². The van der Waals surface area contributed by atoms with Gasteiger partial charge in [0.2, 0.25) is 0 Å². The number of para-hydroxylation sites is 1. The first-order chi connectivity index (χ1) is 12.2. The van der Waals surface area contributed by atoms with E-state index >= 15 is 0 Å². The molecule has 2 heterocycles. The van der Waals surface area contributed by atoms with Crippen molar-refractivity contribution in [2.45, 2.75) is 6.54 Å². The topological polar surface area (TPSA) is 79.8 Å². The Morgan fingerprint density at radius 3 is 2.84 bits per heavy atom. The van der Waals surface area contributed by atoms with Crippen molar-refractivity contribution >= 4 is 28.4 Å². The molecule has 3 rings (SSSR count). The fourth-order valence-corrected chi connectivity index (χ4v) is 2.50. The van der Waals surface area contributed by atoms with Crippen LogP contribution in [0.5, 0.6) is 0 Å². The Morgan fingerprint density at radius 2 is 2.08 bits per heavy atom. The smallest absolute Gasteiger partial charge is 0.297 e. The Hall–Kier alpha value is -3.48. The number of nitrogens with zero attached hydrogens (tertiary/aromatic N) is 2. The van der Waals surface area contributed by atoms with Crippen LogP contribution >= 0.6 is 0 Å². The number of Topliss-reactive ketones (excluding diaryl/α,β-unsaturated/α-hetero) is 1. The maximum absolute atomic E-state index is 12.5. The van der Waals surface area contributed by atoms with Crippen LogP contribution in [0.3, 0.4) is 0 Å². The third-order valence-corrected chi connectivity index (χ3v) is 3.61. The first kappa shape index (κ1) is 16.4. The van der Waals surface area contributed by atoms with E-state index in [1.807, 2.05) is 16.7 Å². The molecule has 25 heavy (non-hydrogen) atoms. The minimum absolute atomic E-state index is 0.307. The molecule has 0 aliphatic heterocycles. The quantitative estimate of drug-likeness (QED) is 0.411. The van der Waals surface area contributed by atoms with E-state index in [-0.39, 0.29) is 0 Å². The number of benzene rings is 1. The molecule has 0 atom stereocenters. The summed E-state index contributed by atoms with van der Waals surface area (Å²) in [5.41, 5.74) is 1.12. The standard InChI is InChI=1S/C18H15FN4O2/c19-9-4-1-5-11-23-12-14(13-6-2-3-7-15(13)23)17(24)18(25)21-16-8-10-20-22-16/h1-10,12H,11H2,(H2,20,21,22,25)/b5-1+,9-4+. The summed E-state index contributed by atoms with van der Waals surface area (Å²) < 4.78 is 13.8. The highest BCUT2D eigenvalue weighted by molar-refractivity contribution is 6.48. The lowest BCUT2D eigenvalue weighted by Gasteiger charge is -2.00. The van der Waals surface area contributed by atoms with E-state index < -0.39 is 11.7 Å². The van der Waals surface area contributed by atoms with E-state index in [1.54, 1.807) is 36.5 Å². The molecule has 2 N–H and O–H groups in total. The fourth-order valence-electron chi connectivity index (χ4n) is 2.50. The molecule has 0 fully saturated rings. The highest BCUT2D eigenvalue weighted by Crippen LogP contribution is 2.22. The van der Waals surface area contributed by atoms with Crippen LogP contribution < -0.4 is 5.32 Å². The number of aromatic nitrogens is 3. The molecule has 0 aliphatic rings. The summed E-state index contributed by atoms with van der Waals surface area (Å²) in [5.74, 6) is -1.04. The molecule has 0 saturated heterocycles. The lowest BCUT2D eigenvalue weighted by Crippen LogP contribution is -2.22. The average Bonchev–Trinajstić information content (AvgIpc) is 3.26. The number of carbonyl (C=O) groups excluding carboxylic acids is 2. The number of H-pyrrole nitrogens is 1. The number of hydrogen-bond donors (Lipinski definition) is 2. The number of carbonyl (C=O) groups is 2. The van der Waals surface area contributed by atoms with Crippen molar-refractivity contribution in [2.24, 2.45) is 0 Å². The van der Waals surface area contributed by atoms with Gasteiger partial charge in [0.1, 0.15) is 5.82 Å². The van der Waals surface area contributed by atoms with Gasteiger partial charge in [0.05, 0.1) is 18.1 Å². The van der Waals surface area contributed by atoms with Crippen molar-refractivity contribution in [3.05, 3.63) is 72.8 Å². The van der Waals surface area contributed by atoms with E-state index in [2.05, 4.69) is 15.5 Å². The lowest BCUT2D eigenvalue weighted by atomic mass is 10.1. The van der Waals surface area contributed by atoms with Crippen LogP contribution in [0.2, 0.25) is 0 Å². The van der Waals surface area contributed by atoms with Crippen LogP contribution in [-0.2, 0) is 11.3 Å². The first-order valence-corrected chi connectivity index (χ1v) is 7.55. The van der Waals surface area contributed by atoms with Gasteiger partial charge in [0, 0.05) is 29.7 Å². The molecule has 0 radical (unpaired) electrons. The van der Waals surface area contributed by atoms with Gasteiger partial charge < -0.3 is 9.88 Å². The van der Waals surface area contributed by atoms with E-state index in [9.17, 15) is 14.0 Å². The monoisotopic (exact) mass is 338 g/mol. The van der Waals surface area contributed by atoms with Crippen molar-refractivity contribution in [3.8, 4) is 0 Å². The van der Waals surface area contributed by atoms with Crippen LogP contribution in [0, 0.1) is 0 Å². The van der Waals surface area contributed by atoms with Crippen LogP contribution in [0.15, 0.2) is 67.3 Å². The molecule has 1 amide bonds. The zero-order valence-electron chi connectivity index (χ0n) is 13.1. The van der Waals surface area contributed by atoms with Gasteiger partial charge in [0.25, 0.3) is 11.7 Å². The molecule has 0 saturated carbocycles. The molecule has 7 heteroatoms. The van der Waals surface area contributed by atoms with Crippen LogP contribution in [-0.4, -0.2) is 26.5 Å². The first-order valence-electron chi connectivity index (χ1n) is 7.55. The summed E-state index contributed by atoms with van der Waals surface area (Å²) in [5, 5.41) is 9.44. The Labute approximate surface area is 142 Å². The maximum Gasteiger partial charge on any atom is 0.297 e. The summed E-state index contributed by atoms with van der Waals surface area (Å²) >= 11 is 0. The molecule has 0 unspecified atom stereocenters. The number of allylic oxidation sites excluding steroid dienone is 3. The van der Waals surface area contributed by atoms with Crippen molar-refractivity contribution in [1.82, 2.24) is 14.8 Å². The van der Waals surface area contributed by atoms with Crippen LogP contribution in [0.1, 0.15) is 10.4 Å². The molecule has 0 aliphatic carbocycles. The van der Waals surface area contributed by atoms with Gasteiger partial charge in [-0.15, -0.1) is 0 Å². The number of hydrogen-bond acceptors (Lipinski definition) is 3. The summed E-state index contributed by atoms with van der Waals surface area (Å²) in [6, 6.07) is 8.85. The van der Waals surface area contributed by atoms with Gasteiger partial charge in [-0.3, -0.25) is 14.7 Å². The van der Waals surface area contributed by atoms with Gasteiger partial charge >= 0.3 is 0 Å². The lowest BCUT2D eigenvalue weighted by molar-refractivity contribution is -0.112. The van der Waals surface area contributed by atoms with Crippen molar-refractivity contribution in [1.29, 1.82) is 0 Å². The molecular weight excluding hydrogens is 323 g/mol. The Bertz CT molecular complexity index is 955. The third-order valence-electron chi connectivity index (χ3n) is 3.61. The fraction of sp³-hybridized carbons (Fsp3) is 0.0556. The van der Waals surface area contributed by atoms with Gasteiger partial charge in [-0.1, -0.05) is 30.4 Å². The van der Waals surface area contributed by atoms with E-state index in [4.69, 9.17) is 0 Å². The van der Waals surface area contributed by atoms with Gasteiger partial charge in [-0.2, -0.15) is 5.10 Å². The number of fused-ring (bicyclic) bond motifs is 1. The zero-order chi connectivity index (χ0) is 17.6. The number of nitrogens with one attached hydrogen (secondary N) is 2. The maximum atomic E-state index is 12.5. The molecule has 126 valence electrons. The second-order valence-corrected chi connectivity index (χ2v) is 5.21. The number of amides is 1. The Balaban J connectivity index is 1.90. The summed E-state index contributed by atoms with van der Waals surface area (Å²) in [6.07, 6.45) is 8.14. The molecule has 3 aromatic rings. The zero-order valence-corrected chi connectivity index (χ0v) is 13.1. The predicted molar refractivity (Wildman–Crippen MR) is 92.9 cm³/mol. The van der Waals surface area contributed by atoms with Gasteiger partial charge in [-0.05, 0) is 12.1 Å². The number of ketones is 1. The second-order valence-electron chi connectivity index (χ2n) is 5.21. The van der Waals surface area contributed by atoms with Crippen LogP contribution in [0.25, 0.3) is 10.9 Å². The SMILES string of the molecule is O=C(Nc1ccn[nH]1)C(=O)c1cn(C/C=C/C=C/F)c2ccccc12. The number of halogens is 1. The number of rotatable bonds is 6.